The third-order valence-electron chi connectivity index (χ3n) is 10.5. The van der Waals surface area contributed by atoms with E-state index in [0.29, 0.717) is 5.92 Å². The van der Waals surface area contributed by atoms with Crippen LogP contribution in [0.2, 0.25) is 0 Å². The molecule has 0 aliphatic carbocycles. The van der Waals surface area contributed by atoms with Gasteiger partial charge in [0.25, 0.3) is 0 Å². The Morgan fingerprint density at radius 3 is 0.867 bits per heavy atom. The summed E-state index contributed by atoms with van der Waals surface area (Å²) in [5.74, 6) is 0.644. The average Bonchev–Trinajstić information content (AvgIpc) is 3.07. The van der Waals surface area contributed by atoms with E-state index < -0.39 is 0 Å². The molecule has 2 N–H and O–H groups in total. The number of benzene rings is 1. The minimum Gasteiger partial charge on any atom is -0.324 e. The van der Waals surface area contributed by atoms with Gasteiger partial charge in [-0.15, -0.1) is 0 Å². The Bertz CT molecular complexity index is 633. The molecule has 1 nitrogen and oxygen atoms in total. The van der Waals surface area contributed by atoms with Crippen molar-refractivity contribution in [3.63, 3.8) is 0 Å². The number of rotatable bonds is 36. The predicted molar refractivity (Wildman–Crippen MR) is 205 cm³/mol. The van der Waals surface area contributed by atoms with Gasteiger partial charge < -0.3 is 5.73 Å². The molecule has 0 saturated heterocycles. The second-order valence-electron chi connectivity index (χ2n) is 14.9. The average molecular weight is 626 g/mol. The van der Waals surface area contributed by atoms with Crippen molar-refractivity contribution in [3.8, 4) is 0 Å². The van der Waals surface area contributed by atoms with Crippen molar-refractivity contribution in [1.29, 1.82) is 0 Å². The summed E-state index contributed by atoms with van der Waals surface area (Å²) in [6, 6.07) is 11.2. The molecule has 0 fully saturated rings. The third-order valence-corrected chi connectivity index (χ3v) is 10.5. The topological polar surface area (TPSA) is 26.0 Å². The summed E-state index contributed by atoms with van der Waals surface area (Å²) in [6.45, 7) is 4.61. The van der Waals surface area contributed by atoms with Crippen molar-refractivity contribution in [3.05, 3.63) is 35.9 Å². The van der Waals surface area contributed by atoms with E-state index in [1.807, 2.05) is 0 Å². The molecule has 0 aliphatic heterocycles. The molecule has 264 valence electrons. The molecule has 0 aromatic heterocycles. The number of nitrogens with two attached hydrogens (primary N) is 1. The molecular weight excluding hydrogens is 542 g/mol. The van der Waals surface area contributed by atoms with E-state index in [2.05, 4.69) is 44.2 Å². The summed E-state index contributed by atoms with van der Waals surface area (Å²) in [4.78, 5) is 0. The standard InChI is InChI=1S/C44H83N/c1-3-5-7-9-11-13-15-17-19-21-23-25-27-29-31-34-38-42(44(45)43-40-36-33-37-41-43)39-35-32-30-28-26-24-22-20-18-16-14-12-10-8-6-4-2/h33,36-37,40-42,44H,3-32,34-35,38-39,45H2,1-2H3. The number of unbranched alkanes of at least 4 members (excludes halogenated alkanes) is 30. The first-order valence-electron chi connectivity index (χ1n) is 21.1. The fraction of sp³-hybridized carbons (Fsp3) is 0.864. The van der Waals surface area contributed by atoms with Crippen LogP contribution in [-0.4, -0.2) is 0 Å². The number of hydrogen-bond donors (Lipinski definition) is 1. The Morgan fingerprint density at radius 2 is 0.600 bits per heavy atom. The fourth-order valence-corrected chi connectivity index (χ4v) is 7.36. The highest BCUT2D eigenvalue weighted by atomic mass is 14.6. The SMILES string of the molecule is CCCCCCCCCCCCCCCCCCC(CCCCCCCCCCCCCCCCCC)C(N)c1ccccc1. The second kappa shape index (κ2) is 34.5. The van der Waals surface area contributed by atoms with Crippen LogP contribution in [0, 0.1) is 5.92 Å². The molecule has 0 spiro atoms. The van der Waals surface area contributed by atoms with E-state index in [1.165, 1.54) is 224 Å². The summed E-state index contributed by atoms with van der Waals surface area (Å²) < 4.78 is 0. The van der Waals surface area contributed by atoms with Crippen molar-refractivity contribution < 1.29 is 0 Å². The quantitative estimate of drug-likeness (QED) is 0.0738. The van der Waals surface area contributed by atoms with E-state index >= 15 is 0 Å². The molecule has 1 unspecified atom stereocenters. The van der Waals surface area contributed by atoms with Crippen LogP contribution in [-0.2, 0) is 0 Å². The zero-order chi connectivity index (χ0) is 32.3. The van der Waals surface area contributed by atoms with Crippen LogP contribution in [0.4, 0.5) is 0 Å². The first-order valence-corrected chi connectivity index (χ1v) is 21.1. The van der Waals surface area contributed by atoms with Gasteiger partial charge in [-0.3, -0.25) is 0 Å². The molecule has 0 aliphatic rings. The maximum absolute atomic E-state index is 6.87. The lowest BCUT2D eigenvalue weighted by Crippen LogP contribution is -2.21. The van der Waals surface area contributed by atoms with Gasteiger partial charge in [-0.25, -0.2) is 0 Å². The van der Waals surface area contributed by atoms with Crippen molar-refractivity contribution >= 4 is 0 Å². The van der Waals surface area contributed by atoms with Crippen LogP contribution in [0.25, 0.3) is 0 Å². The Kier molecular flexibility index (Phi) is 32.4. The lowest BCUT2D eigenvalue weighted by Gasteiger charge is -2.24. The van der Waals surface area contributed by atoms with Crippen molar-refractivity contribution in [1.82, 2.24) is 0 Å². The second-order valence-corrected chi connectivity index (χ2v) is 14.9. The van der Waals surface area contributed by atoms with E-state index in [9.17, 15) is 0 Å². The maximum atomic E-state index is 6.87. The Balaban J connectivity index is 2.05. The minimum absolute atomic E-state index is 0.207. The van der Waals surface area contributed by atoms with Crippen molar-refractivity contribution in [2.75, 3.05) is 0 Å². The zero-order valence-electron chi connectivity index (χ0n) is 31.2. The Morgan fingerprint density at radius 1 is 0.356 bits per heavy atom. The fourth-order valence-electron chi connectivity index (χ4n) is 7.36. The summed E-state index contributed by atoms with van der Waals surface area (Å²) in [5, 5.41) is 0. The molecule has 1 rings (SSSR count). The number of hydrogen-bond acceptors (Lipinski definition) is 1. The van der Waals surface area contributed by atoms with Gasteiger partial charge in [0.2, 0.25) is 0 Å². The molecular formula is C44H83N. The molecule has 0 amide bonds. The van der Waals surface area contributed by atoms with E-state index in [1.54, 1.807) is 0 Å². The monoisotopic (exact) mass is 626 g/mol. The third kappa shape index (κ3) is 28.0. The lowest BCUT2D eigenvalue weighted by atomic mass is 9.85. The molecule has 0 heterocycles. The molecule has 0 saturated carbocycles. The zero-order valence-corrected chi connectivity index (χ0v) is 31.2. The normalized spacial score (nSPS) is 12.4. The van der Waals surface area contributed by atoms with Gasteiger partial charge in [-0.05, 0) is 24.3 Å². The van der Waals surface area contributed by atoms with Gasteiger partial charge in [0.05, 0.1) is 0 Å². The summed E-state index contributed by atoms with van der Waals surface area (Å²) in [5.41, 5.74) is 8.22. The molecule has 0 bridgehead atoms. The first kappa shape index (κ1) is 42.2. The van der Waals surface area contributed by atoms with Crippen LogP contribution < -0.4 is 5.73 Å². The van der Waals surface area contributed by atoms with Crippen LogP contribution in [0.15, 0.2) is 30.3 Å². The van der Waals surface area contributed by atoms with Crippen molar-refractivity contribution in [2.45, 2.75) is 238 Å². The highest BCUT2D eigenvalue weighted by molar-refractivity contribution is 5.19. The van der Waals surface area contributed by atoms with E-state index in [-0.39, 0.29) is 6.04 Å². The molecule has 0 radical (unpaired) electrons. The Labute approximate surface area is 285 Å². The van der Waals surface area contributed by atoms with Crippen LogP contribution in [0.1, 0.15) is 244 Å². The van der Waals surface area contributed by atoms with Gasteiger partial charge >= 0.3 is 0 Å². The van der Waals surface area contributed by atoms with Crippen LogP contribution >= 0.6 is 0 Å². The van der Waals surface area contributed by atoms with Gasteiger partial charge in [0.15, 0.2) is 0 Å². The van der Waals surface area contributed by atoms with Crippen molar-refractivity contribution in [2.24, 2.45) is 11.7 Å². The predicted octanol–water partition coefficient (Wildman–Crippen LogP) is 15.6. The van der Waals surface area contributed by atoms with Crippen LogP contribution in [0.5, 0.6) is 0 Å². The summed E-state index contributed by atoms with van der Waals surface area (Å²) >= 11 is 0. The van der Waals surface area contributed by atoms with Gasteiger partial charge in [-0.2, -0.15) is 0 Å². The molecule has 1 heteroatoms. The molecule has 1 aromatic rings. The first-order chi connectivity index (χ1) is 22.3. The summed E-state index contributed by atoms with van der Waals surface area (Å²) in [7, 11) is 0. The minimum atomic E-state index is 0.207. The van der Waals surface area contributed by atoms with Gasteiger partial charge in [-0.1, -0.05) is 250 Å². The van der Waals surface area contributed by atoms with Gasteiger partial charge in [0.1, 0.15) is 0 Å². The van der Waals surface area contributed by atoms with Gasteiger partial charge in [0, 0.05) is 6.04 Å². The lowest BCUT2D eigenvalue weighted by molar-refractivity contribution is 0.345. The molecule has 1 aromatic carbocycles. The van der Waals surface area contributed by atoms with Crippen LogP contribution in [0.3, 0.4) is 0 Å². The maximum Gasteiger partial charge on any atom is 0.0323 e. The summed E-state index contributed by atoms with van der Waals surface area (Å²) in [6.07, 6.45) is 48.7. The highest BCUT2D eigenvalue weighted by Crippen LogP contribution is 2.30. The van der Waals surface area contributed by atoms with E-state index in [0.717, 1.165) is 0 Å². The van der Waals surface area contributed by atoms with E-state index in [4.69, 9.17) is 5.73 Å². The highest BCUT2D eigenvalue weighted by Gasteiger charge is 2.18. The molecule has 1 atom stereocenters. The smallest absolute Gasteiger partial charge is 0.0323 e. The Hall–Kier alpha value is -0.820. The largest absolute Gasteiger partial charge is 0.324 e. The molecule has 45 heavy (non-hydrogen) atoms.